The number of amides is 2. The highest BCUT2D eigenvalue weighted by atomic mass is 16.2. The van der Waals surface area contributed by atoms with Crippen LogP contribution >= 0.6 is 0 Å². The van der Waals surface area contributed by atoms with Gasteiger partial charge in [0.2, 0.25) is 11.8 Å². The third kappa shape index (κ3) is 4.20. The molecule has 2 amide bonds. The Morgan fingerprint density at radius 2 is 1.75 bits per heavy atom. The van der Waals surface area contributed by atoms with Gasteiger partial charge in [0, 0.05) is 5.69 Å². The lowest BCUT2D eigenvalue weighted by Crippen LogP contribution is -2.22. The van der Waals surface area contributed by atoms with Gasteiger partial charge in [0.15, 0.2) is 0 Å². The first kappa shape index (κ1) is 17.2. The van der Waals surface area contributed by atoms with Crippen LogP contribution in [-0.4, -0.2) is 11.8 Å². The fraction of sp³-hybridized carbons (Fsp3) is 0.211. The minimum absolute atomic E-state index is 0.308. The maximum absolute atomic E-state index is 12.2. The summed E-state index contributed by atoms with van der Waals surface area (Å²) in [4.78, 5) is 24.2. The van der Waals surface area contributed by atoms with Gasteiger partial charge in [-0.05, 0) is 36.6 Å². The predicted molar refractivity (Wildman–Crippen MR) is 93.6 cm³/mol. The second-order valence-electron chi connectivity index (χ2n) is 5.39. The Morgan fingerprint density at radius 1 is 1.04 bits per heavy atom. The van der Waals surface area contributed by atoms with Crippen molar-refractivity contribution in [2.24, 2.45) is 0 Å². The summed E-state index contributed by atoms with van der Waals surface area (Å²) in [5.74, 6) is -0.840. The maximum Gasteiger partial charge on any atom is 0.233 e. The maximum atomic E-state index is 12.2. The molecule has 2 rings (SSSR count). The largest absolute Gasteiger partial charge is 0.325 e. The molecule has 0 bridgehead atoms. The third-order valence-corrected chi connectivity index (χ3v) is 3.65. The van der Waals surface area contributed by atoms with E-state index < -0.39 is 5.91 Å². The van der Waals surface area contributed by atoms with Gasteiger partial charge in [0.1, 0.15) is 12.5 Å². The van der Waals surface area contributed by atoms with E-state index in [-0.39, 0.29) is 12.3 Å². The van der Waals surface area contributed by atoms with Crippen LogP contribution in [0.15, 0.2) is 42.5 Å². The summed E-state index contributed by atoms with van der Waals surface area (Å²) < 4.78 is 0. The van der Waals surface area contributed by atoms with Gasteiger partial charge in [-0.2, -0.15) is 5.26 Å². The Kier molecular flexibility index (Phi) is 5.69. The number of hydrogen-bond acceptors (Lipinski definition) is 3. The molecule has 0 atom stereocenters. The Labute approximate surface area is 141 Å². The first-order valence-corrected chi connectivity index (χ1v) is 7.72. The second-order valence-corrected chi connectivity index (χ2v) is 5.39. The number of carbonyl (C=O) groups excluding carboxylic acids is 2. The Balaban J connectivity index is 2.03. The predicted octanol–water partition coefficient (Wildman–Crippen LogP) is 3.40. The molecule has 0 unspecified atom stereocenters. The number of benzene rings is 2. The van der Waals surface area contributed by atoms with Gasteiger partial charge in [0.05, 0.1) is 11.3 Å². The van der Waals surface area contributed by atoms with Gasteiger partial charge in [0.25, 0.3) is 0 Å². The Morgan fingerprint density at radius 3 is 2.46 bits per heavy atom. The average molecular weight is 321 g/mol. The van der Waals surface area contributed by atoms with Crippen molar-refractivity contribution in [2.75, 3.05) is 10.6 Å². The zero-order valence-electron chi connectivity index (χ0n) is 13.7. The monoisotopic (exact) mass is 321 g/mol. The molecule has 122 valence electrons. The molecule has 0 heterocycles. The highest BCUT2D eigenvalue weighted by molar-refractivity contribution is 6.08. The molecule has 2 aromatic carbocycles. The van der Waals surface area contributed by atoms with Gasteiger partial charge in [-0.3, -0.25) is 9.59 Å². The topological polar surface area (TPSA) is 82.0 Å². The van der Waals surface area contributed by atoms with Crippen molar-refractivity contribution in [3.05, 3.63) is 59.2 Å². The molecule has 0 saturated carbocycles. The first-order chi connectivity index (χ1) is 11.5. The molecule has 24 heavy (non-hydrogen) atoms. The zero-order chi connectivity index (χ0) is 17.5. The van der Waals surface area contributed by atoms with Crippen LogP contribution in [0.4, 0.5) is 11.4 Å². The molecule has 0 spiro atoms. The van der Waals surface area contributed by atoms with E-state index in [0.717, 1.165) is 23.2 Å². The summed E-state index contributed by atoms with van der Waals surface area (Å²) in [6, 6.07) is 14.5. The molecule has 0 saturated heterocycles. The number of rotatable bonds is 5. The van der Waals surface area contributed by atoms with E-state index in [2.05, 4.69) is 10.6 Å². The second kappa shape index (κ2) is 7.93. The molecule has 0 aliphatic rings. The van der Waals surface area contributed by atoms with Crippen LogP contribution in [0, 0.1) is 18.3 Å². The molecular formula is C19H19N3O2. The number of carbonyl (C=O) groups is 2. The summed E-state index contributed by atoms with van der Waals surface area (Å²) >= 11 is 0. The molecule has 5 nitrogen and oxygen atoms in total. The summed E-state index contributed by atoms with van der Waals surface area (Å²) in [5, 5.41) is 14.4. The van der Waals surface area contributed by atoms with E-state index in [1.807, 2.05) is 38.1 Å². The van der Waals surface area contributed by atoms with Crippen LogP contribution in [0.3, 0.4) is 0 Å². The summed E-state index contributed by atoms with van der Waals surface area (Å²) in [5.41, 5.74) is 3.51. The van der Waals surface area contributed by atoms with E-state index >= 15 is 0 Å². The van der Waals surface area contributed by atoms with Crippen molar-refractivity contribution in [1.29, 1.82) is 5.26 Å². The zero-order valence-corrected chi connectivity index (χ0v) is 13.7. The normalized spacial score (nSPS) is 9.88. The van der Waals surface area contributed by atoms with Gasteiger partial charge in [-0.25, -0.2) is 0 Å². The van der Waals surface area contributed by atoms with Crippen molar-refractivity contribution in [2.45, 2.75) is 26.7 Å². The molecule has 0 fully saturated rings. The average Bonchev–Trinajstić information content (AvgIpc) is 2.57. The number of para-hydroxylation sites is 2. The van der Waals surface area contributed by atoms with Crippen LogP contribution in [0.1, 0.15) is 30.0 Å². The van der Waals surface area contributed by atoms with Crippen LogP contribution in [0.2, 0.25) is 0 Å². The van der Waals surface area contributed by atoms with Gasteiger partial charge < -0.3 is 10.6 Å². The van der Waals surface area contributed by atoms with Gasteiger partial charge in [-0.15, -0.1) is 0 Å². The molecule has 2 N–H and O–H groups in total. The van der Waals surface area contributed by atoms with Crippen LogP contribution in [0.25, 0.3) is 0 Å². The van der Waals surface area contributed by atoms with Crippen LogP contribution < -0.4 is 10.6 Å². The highest BCUT2D eigenvalue weighted by Crippen LogP contribution is 2.21. The quantitative estimate of drug-likeness (QED) is 0.828. The smallest absolute Gasteiger partial charge is 0.233 e. The highest BCUT2D eigenvalue weighted by Gasteiger charge is 2.14. The van der Waals surface area contributed by atoms with Gasteiger partial charge >= 0.3 is 0 Å². The Hall–Kier alpha value is -3.13. The van der Waals surface area contributed by atoms with Crippen molar-refractivity contribution < 1.29 is 9.59 Å². The number of nitrogens with zero attached hydrogens (tertiary/aromatic N) is 1. The standard InChI is InChI=1S/C19H19N3O2/c1-3-14-9-6-7-13(2)19(14)22-18(24)11-17(23)21-16-10-5-4-8-15(16)12-20/h4-10H,3,11H2,1-2H3,(H,21,23)(H,22,24). The van der Waals surface area contributed by atoms with E-state index in [4.69, 9.17) is 5.26 Å². The van der Waals surface area contributed by atoms with E-state index in [1.54, 1.807) is 24.3 Å². The molecule has 0 aromatic heterocycles. The molecule has 0 radical (unpaired) electrons. The number of nitriles is 1. The van der Waals surface area contributed by atoms with Crippen LogP contribution in [0.5, 0.6) is 0 Å². The van der Waals surface area contributed by atoms with Crippen molar-refractivity contribution >= 4 is 23.2 Å². The lowest BCUT2D eigenvalue weighted by atomic mass is 10.1. The van der Waals surface area contributed by atoms with Gasteiger partial charge in [-0.1, -0.05) is 37.3 Å². The summed E-state index contributed by atoms with van der Waals surface area (Å²) in [6.45, 7) is 3.92. The minimum atomic E-state index is -0.457. The third-order valence-electron chi connectivity index (χ3n) is 3.65. The lowest BCUT2D eigenvalue weighted by Gasteiger charge is -2.13. The SMILES string of the molecule is CCc1cccc(C)c1NC(=O)CC(=O)Nc1ccccc1C#N. The summed E-state index contributed by atoms with van der Waals surface area (Å²) in [6.07, 6.45) is 0.482. The Bertz CT molecular complexity index is 806. The minimum Gasteiger partial charge on any atom is -0.325 e. The first-order valence-electron chi connectivity index (χ1n) is 7.72. The summed E-state index contributed by atoms with van der Waals surface area (Å²) in [7, 11) is 0. The number of nitrogens with one attached hydrogen (secondary N) is 2. The van der Waals surface area contributed by atoms with E-state index in [9.17, 15) is 9.59 Å². The molecule has 0 aliphatic heterocycles. The van der Waals surface area contributed by atoms with Crippen molar-refractivity contribution in [3.63, 3.8) is 0 Å². The van der Waals surface area contributed by atoms with E-state index in [1.165, 1.54) is 0 Å². The number of aryl methyl sites for hydroxylation is 2. The fourth-order valence-electron chi connectivity index (χ4n) is 2.42. The van der Waals surface area contributed by atoms with E-state index in [0.29, 0.717) is 11.3 Å². The molecule has 0 aliphatic carbocycles. The number of hydrogen-bond donors (Lipinski definition) is 2. The number of anilines is 2. The fourth-order valence-corrected chi connectivity index (χ4v) is 2.42. The molecule has 5 heteroatoms. The molecular weight excluding hydrogens is 302 g/mol. The van der Waals surface area contributed by atoms with Crippen molar-refractivity contribution in [3.8, 4) is 6.07 Å². The lowest BCUT2D eigenvalue weighted by molar-refractivity contribution is -0.123. The molecule has 2 aromatic rings. The van der Waals surface area contributed by atoms with Crippen molar-refractivity contribution in [1.82, 2.24) is 0 Å². The van der Waals surface area contributed by atoms with Crippen LogP contribution in [-0.2, 0) is 16.0 Å².